The molecule has 0 saturated carbocycles. The third-order valence-electron chi connectivity index (χ3n) is 3.34. The van der Waals surface area contributed by atoms with Crippen molar-refractivity contribution < 1.29 is 0 Å². The second kappa shape index (κ2) is 7.14. The van der Waals surface area contributed by atoms with Gasteiger partial charge in [-0.05, 0) is 32.0 Å². The van der Waals surface area contributed by atoms with Gasteiger partial charge in [-0.25, -0.2) is 9.97 Å². The first kappa shape index (κ1) is 14.7. The quantitative estimate of drug-likeness (QED) is 0.840. The van der Waals surface area contributed by atoms with Crippen LogP contribution in [0.4, 0.5) is 0 Å². The molecule has 0 amide bonds. The van der Waals surface area contributed by atoms with Crippen molar-refractivity contribution in [2.45, 2.75) is 46.2 Å². The smallest absolute Gasteiger partial charge is 0.145 e. The first-order chi connectivity index (χ1) is 9.78. The Hall–Kier alpha value is -1.75. The van der Waals surface area contributed by atoms with Crippen LogP contribution in [-0.2, 0) is 19.4 Å². The van der Waals surface area contributed by atoms with Crippen molar-refractivity contribution in [1.29, 1.82) is 0 Å². The van der Waals surface area contributed by atoms with Crippen LogP contribution in [0.5, 0.6) is 0 Å². The van der Waals surface area contributed by atoms with Gasteiger partial charge in [0.2, 0.25) is 0 Å². The molecule has 108 valence electrons. The van der Waals surface area contributed by atoms with Crippen molar-refractivity contribution in [3.8, 4) is 0 Å². The van der Waals surface area contributed by atoms with E-state index in [2.05, 4.69) is 51.9 Å². The maximum absolute atomic E-state index is 4.60. The molecule has 5 heteroatoms. The molecule has 2 aromatic rings. The molecule has 2 rings (SSSR count). The van der Waals surface area contributed by atoms with Crippen molar-refractivity contribution >= 4 is 0 Å². The Bertz CT molecular complexity index is 520. The lowest BCUT2D eigenvalue weighted by atomic mass is 10.1. The first-order valence-electron chi connectivity index (χ1n) is 7.34. The van der Waals surface area contributed by atoms with Gasteiger partial charge in [-0.15, -0.1) is 0 Å². The highest BCUT2D eigenvalue weighted by molar-refractivity contribution is 5.13. The fraction of sp³-hybridized carbons (Fsp3) is 0.533. The van der Waals surface area contributed by atoms with Gasteiger partial charge in [-0.2, -0.15) is 5.10 Å². The molecule has 2 aromatic heterocycles. The van der Waals surface area contributed by atoms with E-state index in [9.17, 15) is 0 Å². The molecular formula is C15H23N5. The summed E-state index contributed by atoms with van der Waals surface area (Å²) >= 11 is 0. The minimum absolute atomic E-state index is 0.132. The second-order valence-electron chi connectivity index (χ2n) is 4.72. The van der Waals surface area contributed by atoms with E-state index in [1.165, 1.54) is 5.69 Å². The monoisotopic (exact) mass is 273 g/mol. The van der Waals surface area contributed by atoms with E-state index in [0.29, 0.717) is 0 Å². The molecule has 1 N–H and O–H groups in total. The van der Waals surface area contributed by atoms with Crippen LogP contribution in [0.25, 0.3) is 0 Å². The number of nitrogens with zero attached hydrogens (tertiary/aromatic N) is 4. The minimum Gasteiger partial charge on any atom is -0.307 e. The Morgan fingerprint density at radius 1 is 1.20 bits per heavy atom. The second-order valence-corrected chi connectivity index (χ2v) is 4.72. The minimum atomic E-state index is 0.132. The third kappa shape index (κ3) is 3.42. The number of rotatable bonds is 7. The molecule has 1 atom stereocenters. The van der Waals surface area contributed by atoms with Gasteiger partial charge in [-0.1, -0.05) is 13.8 Å². The Labute approximate surface area is 120 Å². The summed E-state index contributed by atoms with van der Waals surface area (Å²) in [6, 6.07) is 4.17. The van der Waals surface area contributed by atoms with Gasteiger partial charge in [0.05, 0.1) is 11.7 Å². The molecule has 0 saturated heterocycles. The van der Waals surface area contributed by atoms with Crippen LogP contribution in [-0.4, -0.2) is 26.3 Å². The molecule has 0 spiro atoms. The Balaban J connectivity index is 2.22. The molecule has 20 heavy (non-hydrogen) atoms. The zero-order valence-corrected chi connectivity index (χ0v) is 12.5. The average Bonchev–Trinajstić information content (AvgIpc) is 2.90. The van der Waals surface area contributed by atoms with E-state index >= 15 is 0 Å². The lowest BCUT2D eigenvalue weighted by molar-refractivity contribution is 0.495. The zero-order chi connectivity index (χ0) is 14.4. The number of likely N-dealkylation sites (N-methyl/N-ethyl adjacent to an activating group) is 1. The lowest BCUT2D eigenvalue weighted by Gasteiger charge is -2.16. The molecule has 0 fully saturated rings. The van der Waals surface area contributed by atoms with Crippen molar-refractivity contribution in [3.63, 3.8) is 0 Å². The van der Waals surface area contributed by atoms with Crippen LogP contribution < -0.4 is 5.32 Å². The maximum Gasteiger partial charge on any atom is 0.145 e. The van der Waals surface area contributed by atoms with Crippen LogP contribution in [0.1, 0.15) is 44.0 Å². The number of nitrogens with one attached hydrogen (secondary N) is 1. The van der Waals surface area contributed by atoms with Gasteiger partial charge in [0, 0.05) is 31.1 Å². The average molecular weight is 273 g/mol. The van der Waals surface area contributed by atoms with Gasteiger partial charge in [-0.3, -0.25) is 4.68 Å². The van der Waals surface area contributed by atoms with Crippen molar-refractivity contribution in [2.24, 2.45) is 0 Å². The van der Waals surface area contributed by atoms with E-state index < -0.39 is 0 Å². The summed E-state index contributed by atoms with van der Waals surface area (Å²) in [6.45, 7) is 8.14. The van der Waals surface area contributed by atoms with Crippen molar-refractivity contribution in [1.82, 2.24) is 25.1 Å². The van der Waals surface area contributed by atoms with Crippen LogP contribution in [0.2, 0.25) is 0 Å². The van der Waals surface area contributed by atoms with E-state index in [4.69, 9.17) is 0 Å². The third-order valence-corrected chi connectivity index (χ3v) is 3.34. The van der Waals surface area contributed by atoms with Crippen LogP contribution in [0.15, 0.2) is 24.5 Å². The molecule has 5 nitrogen and oxygen atoms in total. The Morgan fingerprint density at radius 2 is 1.95 bits per heavy atom. The topological polar surface area (TPSA) is 55.6 Å². The fourth-order valence-electron chi connectivity index (χ4n) is 2.33. The zero-order valence-electron chi connectivity index (χ0n) is 12.5. The van der Waals surface area contributed by atoms with Crippen molar-refractivity contribution in [3.05, 3.63) is 41.7 Å². The van der Waals surface area contributed by atoms with Crippen LogP contribution in [0.3, 0.4) is 0 Å². The number of aryl methyl sites for hydroxylation is 2. The molecule has 1 unspecified atom stereocenters. The predicted molar refractivity (Wildman–Crippen MR) is 79.4 cm³/mol. The van der Waals surface area contributed by atoms with Gasteiger partial charge >= 0.3 is 0 Å². The van der Waals surface area contributed by atoms with Crippen LogP contribution in [0, 0.1) is 0 Å². The standard InChI is InChI=1S/C15H23N5/c1-4-12-10-13(20(6-3)19-12)11-14(16-5-2)15-17-8-7-9-18-15/h7-10,14,16H,4-6,11H2,1-3H3. The van der Waals surface area contributed by atoms with Gasteiger partial charge < -0.3 is 5.32 Å². The molecule has 2 heterocycles. The highest BCUT2D eigenvalue weighted by Gasteiger charge is 2.17. The number of hydrogen-bond donors (Lipinski definition) is 1. The number of hydrogen-bond acceptors (Lipinski definition) is 4. The van der Waals surface area contributed by atoms with Gasteiger partial charge in [0.15, 0.2) is 0 Å². The summed E-state index contributed by atoms with van der Waals surface area (Å²) in [4.78, 5) is 8.75. The van der Waals surface area contributed by atoms with E-state index in [0.717, 1.165) is 37.4 Å². The Kier molecular flexibility index (Phi) is 5.24. The molecule has 0 aliphatic carbocycles. The van der Waals surface area contributed by atoms with E-state index in [1.807, 2.05) is 6.07 Å². The summed E-state index contributed by atoms with van der Waals surface area (Å²) < 4.78 is 2.08. The summed E-state index contributed by atoms with van der Waals surface area (Å²) in [6.07, 6.45) is 5.41. The Morgan fingerprint density at radius 3 is 2.55 bits per heavy atom. The highest BCUT2D eigenvalue weighted by atomic mass is 15.3. The first-order valence-corrected chi connectivity index (χ1v) is 7.34. The van der Waals surface area contributed by atoms with E-state index in [-0.39, 0.29) is 6.04 Å². The molecule has 0 aromatic carbocycles. The summed E-state index contributed by atoms with van der Waals surface area (Å²) in [5.41, 5.74) is 2.38. The highest BCUT2D eigenvalue weighted by Crippen LogP contribution is 2.16. The maximum atomic E-state index is 4.60. The predicted octanol–water partition coefficient (Wildman–Crippen LogP) is 2.15. The summed E-state index contributed by atoms with van der Waals surface area (Å²) in [5, 5.41) is 8.06. The van der Waals surface area contributed by atoms with E-state index in [1.54, 1.807) is 12.4 Å². The molecule has 0 bridgehead atoms. The molecular weight excluding hydrogens is 250 g/mol. The largest absolute Gasteiger partial charge is 0.307 e. The van der Waals surface area contributed by atoms with Gasteiger partial charge in [0.1, 0.15) is 5.82 Å². The normalized spacial score (nSPS) is 12.6. The fourth-order valence-corrected chi connectivity index (χ4v) is 2.33. The lowest BCUT2D eigenvalue weighted by Crippen LogP contribution is -2.25. The molecule has 0 aliphatic rings. The molecule has 0 aliphatic heterocycles. The summed E-state index contributed by atoms with van der Waals surface area (Å²) in [7, 11) is 0. The SMILES string of the molecule is CCNC(Cc1cc(CC)nn1CC)c1ncccn1. The molecule has 0 radical (unpaired) electrons. The number of aromatic nitrogens is 4. The van der Waals surface area contributed by atoms with Gasteiger partial charge in [0.25, 0.3) is 0 Å². The van der Waals surface area contributed by atoms with Crippen LogP contribution >= 0.6 is 0 Å². The summed E-state index contributed by atoms with van der Waals surface area (Å²) in [5.74, 6) is 0.844. The van der Waals surface area contributed by atoms with Crippen molar-refractivity contribution in [2.75, 3.05) is 6.54 Å².